The molecule has 1 aliphatic heterocycles. The second-order valence-corrected chi connectivity index (χ2v) is 8.46. The van der Waals surface area contributed by atoms with Crippen LogP contribution in [0.15, 0.2) is 0 Å². The molecule has 1 heterocycles. The Morgan fingerprint density at radius 3 is 2.67 bits per heavy atom. The fraction of sp³-hybridized carbons (Fsp3) is 1.00. The van der Waals surface area contributed by atoms with Crippen molar-refractivity contribution in [3.63, 3.8) is 0 Å². The largest absolute Gasteiger partial charge is 0.315 e. The third kappa shape index (κ3) is 5.10. The molecular weight excluding hydrogens is 306 g/mol. The standard InChI is InChI=1S/C14H31N3O2S2/c1-5-13(12-20-4)16(3)21(18,19)17-10-8-7-9-14(17)11-15-6-2/h13-15H,5-12H2,1-4H3. The molecular formula is C14H31N3O2S2. The van der Waals surface area contributed by atoms with Crippen LogP contribution in [-0.4, -0.2) is 67.8 Å². The summed E-state index contributed by atoms with van der Waals surface area (Å²) in [6.45, 7) is 6.39. The minimum Gasteiger partial charge on any atom is -0.315 e. The highest BCUT2D eigenvalue weighted by Gasteiger charge is 2.36. The molecule has 0 amide bonds. The Hall–Kier alpha value is 0.180. The molecule has 0 aliphatic carbocycles. The number of thioether (sulfide) groups is 1. The van der Waals surface area contributed by atoms with E-state index in [-0.39, 0.29) is 12.1 Å². The molecule has 1 fully saturated rings. The molecule has 0 spiro atoms. The molecule has 5 nitrogen and oxygen atoms in total. The van der Waals surface area contributed by atoms with Gasteiger partial charge in [-0.05, 0) is 32.1 Å². The molecule has 2 atom stereocenters. The van der Waals surface area contributed by atoms with Crippen LogP contribution in [0.1, 0.15) is 39.5 Å². The number of likely N-dealkylation sites (N-methyl/N-ethyl adjacent to an activating group) is 1. The Kier molecular flexibility index (Phi) is 8.56. The zero-order valence-electron chi connectivity index (χ0n) is 13.8. The maximum absolute atomic E-state index is 12.9. The maximum Gasteiger partial charge on any atom is 0.282 e. The summed E-state index contributed by atoms with van der Waals surface area (Å²) in [5, 5.41) is 3.30. The number of nitrogens with one attached hydrogen (secondary N) is 1. The summed E-state index contributed by atoms with van der Waals surface area (Å²) >= 11 is 1.70. The zero-order valence-corrected chi connectivity index (χ0v) is 15.5. The van der Waals surface area contributed by atoms with Gasteiger partial charge in [0.05, 0.1) is 0 Å². The van der Waals surface area contributed by atoms with E-state index in [1.54, 1.807) is 27.4 Å². The third-order valence-corrected chi connectivity index (χ3v) is 7.03. The van der Waals surface area contributed by atoms with Crippen molar-refractivity contribution in [3.8, 4) is 0 Å². The number of piperidine rings is 1. The van der Waals surface area contributed by atoms with Crippen molar-refractivity contribution in [2.24, 2.45) is 0 Å². The summed E-state index contributed by atoms with van der Waals surface area (Å²) in [4.78, 5) is 0. The second-order valence-electron chi connectivity index (χ2n) is 5.61. The summed E-state index contributed by atoms with van der Waals surface area (Å²) in [7, 11) is -1.63. The quantitative estimate of drug-likeness (QED) is 0.697. The monoisotopic (exact) mass is 337 g/mol. The molecule has 0 aromatic carbocycles. The normalized spacial score (nSPS) is 22.6. The summed E-state index contributed by atoms with van der Waals surface area (Å²) in [5.74, 6) is 0.845. The van der Waals surface area contributed by atoms with Crippen LogP contribution in [0.5, 0.6) is 0 Å². The third-order valence-electron chi connectivity index (χ3n) is 4.21. The highest BCUT2D eigenvalue weighted by atomic mass is 32.2. The fourth-order valence-corrected chi connectivity index (χ4v) is 5.61. The average molecular weight is 338 g/mol. The van der Waals surface area contributed by atoms with Gasteiger partial charge in [0.1, 0.15) is 0 Å². The molecule has 0 aromatic rings. The first-order chi connectivity index (χ1) is 9.98. The van der Waals surface area contributed by atoms with E-state index in [9.17, 15) is 8.42 Å². The summed E-state index contributed by atoms with van der Waals surface area (Å²) in [5.41, 5.74) is 0. The van der Waals surface area contributed by atoms with Crippen molar-refractivity contribution >= 4 is 22.0 Å². The Bertz CT molecular complexity index is 390. The van der Waals surface area contributed by atoms with Gasteiger partial charge < -0.3 is 5.32 Å². The molecule has 126 valence electrons. The Balaban J connectivity index is 2.86. The Morgan fingerprint density at radius 1 is 1.38 bits per heavy atom. The van der Waals surface area contributed by atoms with Gasteiger partial charge >= 0.3 is 0 Å². The minimum absolute atomic E-state index is 0.0757. The van der Waals surface area contributed by atoms with Gasteiger partial charge in [-0.2, -0.15) is 28.8 Å². The molecule has 0 aromatic heterocycles. The van der Waals surface area contributed by atoms with Crippen molar-refractivity contribution in [1.82, 2.24) is 13.9 Å². The van der Waals surface area contributed by atoms with E-state index in [0.717, 1.165) is 44.5 Å². The second kappa shape index (κ2) is 9.35. The number of hydrogen-bond acceptors (Lipinski definition) is 4. The van der Waals surface area contributed by atoms with E-state index in [1.165, 1.54) is 0 Å². The summed E-state index contributed by atoms with van der Waals surface area (Å²) < 4.78 is 29.2. The van der Waals surface area contributed by atoms with Gasteiger partial charge in [0.15, 0.2) is 0 Å². The van der Waals surface area contributed by atoms with Crippen molar-refractivity contribution < 1.29 is 8.42 Å². The lowest BCUT2D eigenvalue weighted by atomic mass is 10.1. The molecule has 0 bridgehead atoms. The van der Waals surface area contributed by atoms with E-state index in [2.05, 4.69) is 19.2 Å². The van der Waals surface area contributed by atoms with Gasteiger partial charge in [-0.3, -0.25) is 0 Å². The van der Waals surface area contributed by atoms with Gasteiger partial charge in [-0.1, -0.05) is 20.3 Å². The van der Waals surface area contributed by atoms with E-state index < -0.39 is 10.2 Å². The number of rotatable bonds is 9. The van der Waals surface area contributed by atoms with Gasteiger partial charge in [-0.15, -0.1) is 0 Å². The highest BCUT2D eigenvalue weighted by Crippen LogP contribution is 2.24. The first-order valence-corrected chi connectivity index (χ1v) is 10.7. The molecule has 1 rings (SSSR count). The first kappa shape index (κ1) is 19.2. The maximum atomic E-state index is 12.9. The fourth-order valence-electron chi connectivity index (χ4n) is 2.82. The summed E-state index contributed by atoms with van der Waals surface area (Å²) in [6.07, 6.45) is 5.92. The molecule has 7 heteroatoms. The van der Waals surface area contributed by atoms with Crippen LogP contribution in [0.4, 0.5) is 0 Å². The predicted octanol–water partition coefficient (Wildman–Crippen LogP) is 1.77. The van der Waals surface area contributed by atoms with Gasteiger partial charge in [-0.25, -0.2) is 0 Å². The van der Waals surface area contributed by atoms with Gasteiger partial charge in [0, 0.05) is 38.0 Å². The number of nitrogens with zero attached hydrogens (tertiary/aromatic N) is 2. The van der Waals surface area contributed by atoms with Crippen LogP contribution in [0, 0.1) is 0 Å². The molecule has 0 saturated carbocycles. The minimum atomic E-state index is -3.36. The highest BCUT2D eigenvalue weighted by molar-refractivity contribution is 7.98. The van der Waals surface area contributed by atoms with Crippen LogP contribution in [0.25, 0.3) is 0 Å². The van der Waals surface area contributed by atoms with Crippen LogP contribution in [0.2, 0.25) is 0 Å². The SMILES string of the molecule is CCNCC1CCCCN1S(=O)(=O)N(C)C(CC)CSC. The van der Waals surface area contributed by atoms with Crippen molar-refractivity contribution in [1.29, 1.82) is 0 Å². The van der Waals surface area contributed by atoms with Crippen molar-refractivity contribution in [3.05, 3.63) is 0 Å². The lowest BCUT2D eigenvalue weighted by Gasteiger charge is -2.39. The van der Waals surface area contributed by atoms with Crippen LogP contribution in [-0.2, 0) is 10.2 Å². The average Bonchev–Trinajstić information content (AvgIpc) is 2.50. The van der Waals surface area contributed by atoms with E-state index in [1.807, 2.05) is 6.26 Å². The summed E-state index contributed by atoms with van der Waals surface area (Å²) in [6, 6.07) is 0.171. The molecule has 1 saturated heterocycles. The van der Waals surface area contributed by atoms with Gasteiger partial charge in [0.2, 0.25) is 0 Å². The Labute approximate surface area is 135 Å². The number of hydrogen-bond donors (Lipinski definition) is 1. The first-order valence-electron chi connectivity index (χ1n) is 7.93. The Morgan fingerprint density at radius 2 is 2.10 bits per heavy atom. The van der Waals surface area contributed by atoms with Crippen molar-refractivity contribution in [2.45, 2.75) is 51.6 Å². The van der Waals surface area contributed by atoms with Gasteiger partial charge in [0.25, 0.3) is 10.2 Å². The van der Waals surface area contributed by atoms with Crippen LogP contribution >= 0.6 is 11.8 Å². The molecule has 1 N–H and O–H groups in total. The van der Waals surface area contributed by atoms with E-state index in [0.29, 0.717) is 6.54 Å². The van der Waals surface area contributed by atoms with E-state index >= 15 is 0 Å². The zero-order chi connectivity index (χ0) is 15.9. The lowest BCUT2D eigenvalue weighted by molar-refractivity contribution is 0.224. The lowest BCUT2D eigenvalue weighted by Crippen LogP contribution is -2.54. The molecule has 1 aliphatic rings. The van der Waals surface area contributed by atoms with Crippen LogP contribution in [0.3, 0.4) is 0 Å². The molecule has 21 heavy (non-hydrogen) atoms. The van der Waals surface area contributed by atoms with Crippen molar-refractivity contribution in [2.75, 3.05) is 38.7 Å². The van der Waals surface area contributed by atoms with E-state index in [4.69, 9.17) is 0 Å². The topological polar surface area (TPSA) is 52.7 Å². The molecule has 2 unspecified atom stereocenters. The smallest absolute Gasteiger partial charge is 0.282 e. The molecule has 0 radical (unpaired) electrons. The predicted molar refractivity (Wildman–Crippen MR) is 92.0 cm³/mol. The van der Waals surface area contributed by atoms with Crippen LogP contribution < -0.4 is 5.32 Å².